The Labute approximate surface area is 624 Å². The number of carbonyl (C=O) groups excluding carboxylic acids is 4. The molecule has 0 unspecified atom stereocenters. The molecule has 0 aromatic carbocycles. The molecule has 1 rings (SSSR count). The summed E-state index contributed by atoms with van der Waals surface area (Å²) in [6, 6.07) is -11.0. The summed E-state index contributed by atoms with van der Waals surface area (Å²) < 4.78 is 9.21. The molecular weight excluding hydrogens is 1450 g/mol. The largest absolute Gasteiger partial charge is 0.481 e. The van der Waals surface area contributed by atoms with Gasteiger partial charge in [0.1, 0.15) is 78.6 Å². The van der Waals surface area contributed by atoms with Crippen LogP contribution in [0.3, 0.4) is 0 Å². The van der Waals surface area contributed by atoms with Crippen LogP contribution in [0.25, 0.3) is 0 Å². The van der Waals surface area contributed by atoms with Crippen LogP contribution in [0.1, 0.15) is 159 Å². The van der Waals surface area contributed by atoms with Crippen molar-refractivity contribution in [1.29, 1.82) is 0 Å². The minimum Gasteiger partial charge on any atom is -0.481 e. The van der Waals surface area contributed by atoms with Gasteiger partial charge in [-0.1, -0.05) is 68.2 Å². The summed E-state index contributed by atoms with van der Waals surface area (Å²) in [7, 11) is 0. The number of hydrogen-bond acceptors (Lipinski definition) is 32. The number of nitrogens with one attached hydrogen (secondary N) is 1. The van der Waals surface area contributed by atoms with Crippen LogP contribution in [-0.4, -0.2) is 261 Å². The van der Waals surface area contributed by atoms with E-state index in [1.165, 1.54) is 6.92 Å². The van der Waals surface area contributed by atoms with Crippen molar-refractivity contribution >= 4 is 101 Å². The van der Waals surface area contributed by atoms with Gasteiger partial charge in [-0.15, -0.1) is 0 Å². The third kappa shape index (κ3) is 80.6. The fraction of sp³-hybridized carbons (Fsp3) is 0.721. The van der Waals surface area contributed by atoms with E-state index >= 15 is 0 Å². The van der Waals surface area contributed by atoms with Gasteiger partial charge in [0.25, 0.3) is 0 Å². The van der Waals surface area contributed by atoms with Gasteiger partial charge >= 0.3 is 89.5 Å². The Morgan fingerprint density at radius 1 is 0.444 bits per heavy atom. The van der Waals surface area contributed by atoms with Crippen molar-refractivity contribution in [3.8, 4) is 0 Å². The van der Waals surface area contributed by atoms with Crippen molar-refractivity contribution in [3.63, 3.8) is 0 Å². The second-order valence-electron chi connectivity index (χ2n) is 24.4. The Morgan fingerprint density at radius 2 is 0.833 bits per heavy atom. The lowest BCUT2D eigenvalue weighted by Gasteiger charge is -2.20. The van der Waals surface area contributed by atoms with Gasteiger partial charge in [-0.2, -0.15) is 0 Å². The zero-order chi connectivity index (χ0) is 87.2. The van der Waals surface area contributed by atoms with E-state index < -0.39 is 181 Å². The molecule has 47 nitrogen and oxygen atoms in total. The standard InChI is InChI=1S/C10H20N2O4.C9H16N2O5.C6H14N4O2.C6H14N2O2.2C6H13NO2.C5H9NO4.C5H9NO2.C4H8N2O3.C4H7NO4/c1-5(2)4-7(11)10(15)16-6(3)8(12)9(13)14;1-4(2)7(11)9(15)16-6(12)3-5(10)8(13)14;7-4(5(11)12)2-1-3-10-6(8)9;7-4-2-1-3-5(8)6(9)10;1-4(2)3-5(7)6(8)9;1-3-4(2)5(7)6(8)9;6-3(5(9)10)1-2-4(7)8;7-5(8)4-2-1-3-6-4;2*5-2(4(8)9)1-3(6)7/h5-8H,4,11-12H2,1-3H3,(H,13,14);4-5,7H,3,10-11H2,1-2H3,(H,13,14);4H,1-3,7H2,(H,11,12)(H4,8,9,10);5H,1-4,7-8H2,(H,9,10);2*4-5H,3,7H2,1-2H3,(H,8,9);3H,1-2,6H2,(H,7,8)(H,9,10);4,6H,1-3H2,(H,7,8);2H,1,5H2,(H2,6,7)(H,8,9);2H,1,5H2,(H,6,7)(H,8,9)/t6-,7+,8+;5-,7-;4-;2*5-;4-,5-;3-;4-;2*2-/m1000000000/s1. The van der Waals surface area contributed by atoms with Crippen molar-refractivity contribution in [2.45, 2.75) is 237 Å². The highest BCUT2D eigenvalue weighted by molar-refractivity contribution is 5.91. The Balaban J connectivity index is -0.000000145. The van der Waals surface area contributed by atoms with E-state index in [4.69, 9.17) is 146 Å². The van der Waals surface area contributed by atoms with Gasteiger partial charge in [0.15, 0.2) is 5.96 Å². The molecule has 1 fully saturated rings. The lowest BCUT2D eigenvalue weighted by molar-refractivity contribution is -0.163. The van der Waals surface area contributed by atoms with E-state index in [-0.39, 0.29) is 49.0 Å². The monoisotopic (exact) mass is 1570 g/mol. The third-order valence-electron chi connectivity index (χ3n) is 13.0. The molecule has 108 heavy (non-hydrogen) atoms. The van der Waals surface area contributed by atoms with Crippen molar-refractivity contribution in [2.24, 2.45) is 115 Å². The quantitative estimate of drug-likeness (QED) is 0.00899. The van der Waals surface area contributed by atoms with Gasteiger partial charge in [0.05, 0.1) is 19.3 Å². The molecule has 43 N–H and O–H groups in total. The molecular formula is C61H123N17O30. The minimum atomic E-state index is -1.38. The smallest absolute Gasteiger partial charge is 0.330 e. The molecule has 1 amide bonds. The molecule has 1 heterocycles. The predicted octanol–water partition coefficient (Wildman–Crippen LogP) is -6.35. The molecule has 0 spiro atoms. The van der Waals surface area contributed by atoms with Crippen LogP contribution in [0, 0.1) is 23.7 Å². The highest BCUT2D eigenvalue weighted by Crippen LogP contribution is 2.09. The Hall–Kier alpha value is -9.53. The maximum Gasteiger partial charge on any atom is 0.330 e. The van der Waals surface area contributed by atoms with Gasteiger partial charge < -0.3 is 162 Å². The molecule has 1 aliphatic rings. The lowest BCUT2D eigenvalue weighted by atomic mass is 10.0. The fourth-order valence-electron chi connectivity index (χ4n) is 6.17. The second-order valence-corrected chi connectivity index (χ2v) is 24.4. The number of carboxylic acids is 12. The molecule has 0 aromatic rings. The Morgan fingerprint density at radius 3 is 1.10 bits per heavy atom. The molecule has 0 radical (unpaired) electrons. The SMILES string of the molecule is CC(C)C[C@H](N)C(=O)O.CC(C)C[C@H](N)C(=O)O[C@H](C)[C@H](N)C(=O)O.CC(C)[C@H](N)C(=O)OC(=O)C[C@H](N)C(=O)O.CC[C@H](C)[C@H](N)C(=O)O.NC(=O)C[C@H](N)C(=O)O.NC(N)=NCCC[C@H](N)C(=O)O.NCCCC[C@H](N)C(=O)O.N[C@@H](CC(=O)O)C(=O)O.N[C@@H](CCC(=O)O)C(=O)O.O=C(O)[C@@H]1CCCN1. The minimum absolute atomic E-state index is 0.0129. The summed E-state index contributed by atoms with van der Waals surface area (Å²) in [5.41, 5.74) is 77.0. The zero-order valence-corrected chi connectivity index (χ0v) is 62.4. The number of hydrogen-bond donors (Lipinski definition) is 28. The number of primary amides is 1. The predicted molar refractivity (Wildman–Crippen MR) is 385 cm³/mol. The summed E-state index contributed by atoms with van der Waals surface area (Å²) >= 11 is 0. The van der Waals surface area contributed by atoms with Crippen LogP contribution >= 0.6 is 0 Å². The number of rotatable bonds is 38. The van der Waals surface area contributed by atoms with E-state index in [1.54, 1.807) is 13.8 Å². The summed E-state index contributed by atoms with van der Waals surface area (Å²) in [6.07, 6.45) is 4.25. The van der Waals surface area contributed by atoms with Crippen molar-refractivity contribution < 1.29 is 147 Å². The van der Waals surface area contributed by atoms with Crippen LogP contribution in [0.2, 0.25) is 0 Å². The van der Waals surface area contributed by atoms with E-state index in [9.17, 15) is 76.7 Å². The maximum atomic E-state index is 11.4. The molecule has 1 aliphatic heterocycles. The molecule has 0 aliphatic carbocycles. The Kier molecular flexibility index (Phi) is 74.9. The van der Waals surface area contributed by atoms with Gasteiger partial charge in [0.2, 0.25) is 5.91 Å². The topological polar surface area (TPSA) is 949 Å². The number of ether oxygens (including phenoxy) is 2. The van der Waals surface area contributed by atoms with E-state index in [0.717, 1.165) is 38.6 Å². The van der Waals surface area contributed by atoms with Crippen LogP contribution < -0.4 is 91.3 Å². The molecule has 0 saturated carbocycles. The first-order valence-corrected chi connectivity index (χ1v) is 33.0. The first kappa shape index (κ1) is 117. The summed E-state index contributed by atoms with van der Waals surface area (Å²) in [4.78, 5) is 168. The van der Waals surface area contributed by atoms with Gasteiger partial charge in [-0.05, 0) is 101 Å². The van der Waals surface area contributed by atoms with Crippen LogP contribution in [0.4, 0.5) is 0 Å². The number of guanidine groups is 1. The summed E-state index contributed by atoms with van der Waals surface area (Å²) in [5, 5.41) is 102. The maximum absolute atomic E-state index is 11.4. The molecule has 1 saturated heterocycles. The van der Waals surface area contributed by atoms with Crippen LogP contribution in [0.5, 0.6) is 0 Å². The lowest BCUT2D eigenvalue weighted by Crippen LogP contribution is -2.45. The zero-order valence-electron chi connectivity index (χ0n) is 62.4. The molecule has 0 aromatic heterocycles. The normalized spacial score (nSPS) is 15.0. The van der Waals surface area contributed by atoms with E-state index in [1.807, 2.05) is 41.5 Å². The number of carbonyl (C=O) groups is 16. The number of aliphatic carboxylic acids is 12. The summed E-state index contributed by atoms with van der Waals surface area (Å²) in [5.74, 6) is -15.6. The number of carboxylic acid groups (broad SMARTS) is 12. The second kappa shape index (κ2) is 69.2. The van der Waals surface area contributed by atoms with Crippen LogP contribution in [0.15, 0.2) is 4.99 Å². The average molecular weight is 1570 g/mol. The van der Waals surface area contributed by atoms with Gasteiger partial charge in [-0.3, -0.25) is 76.9 Å². The molecule has 47 heteroatoms. The number of nitrogens with two attached hydrogens (primary N) is 15. The average Bonchev–Trinajstić information content (AvgIpc) is 0.998. The van der Waals surface area contributed by atoms with E-state index in [0.29, 0.717) is 51.1 Å². The number of aliphatic imine (C=N–C) groups is 1. The first-order chi connectivity index (χ1) is 49.3. The van der Waals surface area contributed by atoms with E-state index in [2.05, 4.69) is 20.8 Å². The number of unbranched alkanes of at least 4 members (excludes halogenated alkanes) is 1. The highest BCUT2D eigenvalue weighted by atomic mass is 16.6. The number of nitrogens with zero attached hydrogens (tertiary/aromatic N) is 1. The fourth-order valence-corrected chi connectivity index (χ4v) is 6.17. The van der Waals surface area contributed by atoms with Crippen molar-refractivity contribution in [3.05, 3.63) is 0 Å². The summed E-state index contributed by atoms with van der Waals surface area (Å²) in [6.45, 7) is 18.2. The number of amides is 1. The van der Waals surface area contributed by atoms with Gasteiger partial charge in [-0.25, -0.2) is 4.79 Å². The molecule has 14 atom stereocenters. The number of esters is 3. The first-order valence-electron chi connectivity index (χ1n) is 33.0. The third-order valence-corrected chi connectivity index (χ3v) is 13.0. The Bertz CT molecular complexity index is 2660. The highest BCUT2D eigenvalue weighted by Gasteiger charge is 2.28. The molecule has 632 valence electrons. The molecule has 0 bridgehead atoms. The van der Waals surface area contributed by atoms with Crippen molar-refractivity contribution in [1.82, 2.24) is 5.32 Å². The van der Waals surface area contributed by atoms with Crippen molar-refractivity contribution in [2.75, 3.05) is 19.6 Å². The van der Waals surface area contributed by atoms with Gasteiger partial charge in [0, 0.05) is 13.0 Å². The van der Waals surface area contributed by atoms with Crippen LogP contribution in [-0.2, 0) is 86.2 Å².